The Morgan fingerprint density at radius 1 is 1.10 bits per heavy atom. The van der Waals surface area contributed by atoms with E-state index in [0.717, 1.165) is 11.1 Å². The van der Waals surface area contributed by atoms with Crippen molar-refractivity contribution in [3.63, 3.8) is 0 Å². The first-order valence-electron chi connectivity index (χ1n) is 9.09. The maximum Gasteiger partial charge on any atom is 0.269 e. The smallest absolute Gasteiger partial charge is 0.269 e. The van der Waals surface area contributed by atoms with E-state index in [1.807, 2.05) is 32.0 Å². The highest BCUT2D eigenvalue weighted by atomic mass is 32.2. The third-order valence-corrected chi connectivity index (χ3v) is 6.54. The number of sulfone groups is 1. The SMILES string of the molecule is Cc1ccc(-n2nc3c(c2NC(=O)c2ccc([N+](=O)[O-])cc2)CS(=O)(=O)C3)cc1C. The highest BCUT2D eigenvalue weighted by Gasteiger charge is 2.33. The summed E-state index contributed by atoms with van der Waals surface area (Å²) in [7, 11) is -3.32. The Labute approximate surface area is 172 Å². The molecule has 2 aromatic carbocycles. The highest BCUT2D eigenvalue weighted by molar-refractivity contribution is 7.90. The van der Waals surface area contributed by atoms with E-state index in [1.165, 1.54) is 28.9 Å². The number of carbonyl (C=O) groups excluding carboxylic acids is 1. The van der Waals surface area contributed by atoms with Crippen molar-refractivity contribution in [3.05, 3.63) is 80.5 Å². The van der Waals surface area contributed by atoms with Crippen LogP contribution in [0, 0.1) is 24.0 Å². The fourth-order valence-corrected chi connectivity index (χ4v) is 4.82. The third-order valence-electron chi connectivity index (χ3n) is 5.09. The summed E-state index contributed by atoms with van der Waals surface area (Å²) in [6.07, 6.45) is 0. The molecule has 1 N–H and O–H groups in total. The minimum absolute atomic E-state index is 0.126. The van der Waals surface area contributed by atoms with Crippen molar-refractivity contribution in [2.45, 2.75) is 25.4 Å². The zero-order valence-electron chi connectivity index (χ0n) is 16.2. The van der Waals surface area contributed by atoms with Crippen LogP contribution in [-0.4, -0.2) is 29.0 Å². The number of aromatic nitrogens is 2. The number of nitrogens with one attached hydrogen (secondary N) is 1. The Hall–Kier alpha value is -3.53. The van der Waals surface area contributed by atoms with Crippen molar-refractivity contribution >= 4 is 27.2 Å². The number of amides is 1. The van der Waals surface area contributed by atoms with Gasteiger partial charge in [0.15, 0.2) is 9.84 Å². The monoisotopic (exact) mass is 426 g/mol. The zero-order valence-corrected chi connectivity index (χ0v) is 17.1. The molecule has 2 heterocycles. The molecule has 154 valence electrons. The first kappa shape index (κ1) is 19.8. The number of carbonyl (C=O) groups is 1. The number of rotatable bonds is 4. The van der Waals surface area contributed by atoms with E-state index < -0.39 is 20.7 Å². The van der Waals surface area contributed by atoms with Gasteiger partial charge in [-0.15, -0.1) is 0 Å². The number of hydrogen-bond donors (Lipinski definition) is 1. The molecular weight excluding hydrogens is 408 g/mol. The van der Waals surface area contributed by atoms with E-state index in [4.69, 9.17) is 0 Å². The van der Waals surface area contributed by atoms with Crippen LogP contribution in [0.15, 0.2) is 42.5 Å². The number of benzene rings is 2. The summed E-state index contributed by atoms with van der Waals surface area (Å²) >= 11 is 0. The first-order chi connectivity index (χ1) is 14.1. The van der Waals surface area contributed by atoms with Crippen LogP contribution >= 0.6 is 0 Å². The van der Waals surface area contributed by atoms with Gasteiger partial charge in [-0.3, -0.25) is 14.9 Å². The summed E-state index contributed by atoms with van der Waals surface area (Å²) in [5.74, 6) is -0.608. The number of nitrogens with zero attached hydrogens (tertiary/aromatic N) is 3. The molecule has 0 atom stereocenters. The second-order valence-electron chi connectivity index (χ2n) is 7.24. The van der Waals surface area contributed by atoms with Crippen LogP contribution in [0.25, 0.3) is 5.69 Å². The van der Waals surface area contributed by atoms with E-state index in [-0.39, 0.29) is 28.6 Å². The molecular formula is C20H18N4O5S. The van der Waals surface area contributed by atoms with Gasteiger partial charge < -0.3 is 5.32 Å². The summed E-state index contributed by atoms with van der Waals surface area (Å²) in [6, 6.07) is 10.9. The molecule has 3 aromatic rings. The van der Waals surface area contributed by atoms with E-state index in [0.29, 0.717) is 16.9 Å². The summed E-state index contributed by atoms with van der Waals surface area (Å²) in [4.78, 5) is 23.1. The Morgan fingerprint density at radius 3 is 2.43 bits per heavy atom. The van der Waals surface area contributed by atoms with Crippen LogP contribution in [0.3, 0.4) is 0 Å². The Kier molecular flexibility index (Phi) is 4.65. The van der Waals surface area contributed by atoms with Gasteiger partial charge in [0, 0.05) is 23.3 Å². The van der Waals surface area contributed by atoms with Crippen LogP contribution in [0.5, 0.6) is 0 Å². The number of aryl methyl sites for hydroxylation is 2. The molecule has 0 fully saturated rings. The number of hydrogen-bond acceptors (Lipinski definition) is 6. The lowest BCUT2D eigenvalue weighted by atomic mass is 10.1. The van der Waals surface area contributed by atoms with Crippen LogP contribution in [0.2, 0.25) is 0 Å². The largest absolute Gasteiger partial charge is 0.306 e. The van der Waals surface area contributed by atoms with Gasteiger partial charge >= 0.3 is 0 Å². The quantitative estimate of drug-likeness (QED) is 0.505. The predicted molar refractivity (Wildman–Crippen MR) is 110 cm³/mol. The second-order valence-corrected chi connectivity index (χ2v) is 9.31. The van der Waals surface area contributed by atoms with Gasteiger partial charge in [-0.1, -0.05) is 6.07 Å². The summed E-state index contributed by atoms with van der Waals surface area (Å²) in [5, 5.41) is 18.0. The molecule has 0 aliphatic carbocycles. The van der Waals surface area contributed by atoms with Crippen molar-refractivity contribution in [1.29, 1.82) is 0 Å². The molecule has 1 aliphatic heterocycles. The fourth-order valence-electron chi connectivity index (χ4n) is 3.33. The lowest BCUT2D eigenvalue weighted by Gasteiger charge is -2.12. The lowest BCUT2D eigenvalue weighted by molar-refractivity contribution is -0.384. The lowest BCUT2D eigenvalue weighted by Crippen LogP contribution is -2.17. The molecule has 30 heavy (non-hydrogen) atoms. The standard InChI is InChI=1S/C20H18N4O5S/c1-12-3-6-16(9-13(12)2)23-19(17-10-30(28,29)11-18(17)22-23)21-20(25)14-4-7-15(8-5-14)24(26)27/h3-9H,10-11H2,1-2H3,(H,21,25). The van der Waals surface area contributed by atoms with Crippen molar-refractivity contribution in [3.8, 4) is 5.69 Å². The van der Waals surface area contributed by atoms with Gasteiger partial charge in [0.25, 0.3) is 11.6 Å². The van der Waals surface area contributed by atoms with Crippen molar-refractivity contribution < 1.29 is 18.1 Å². The minimum atomic E-state index is -3.32. The molecule has 0 unspecified atom stereocenters. The average molecular weight is 426 g/mol. The molecule has 0 bridgehead atoms. The molecule has 1 aromatic heterocycles. The summed E-state index contributed by atoms with van der Waals surface area (Å²) in [5.41, 5.74) is 3.78. The van der Waals surface area contributed by atoms with Crippen LogP contribution in [0.4, 0.5) is 11.5 Å². The first-order valence-corrected chi connectivity index (χ1v) is 10.9. The van der Waals surface area contributed by atoms with Crippen molar-refractivity contribution in [2.75, 3.05) is 5.32 Å². The zero-order chi connectivity index (χ0) is 21.6. The number of non-ortho nitro benzene ring substituents is 1. The van der Waals surface area contributed by atoms with E-state index >= 15 is 0 Å². The van der Waals surface area contributed by atoms with Crippen molar-refractivity contribution in [2.24, 2.45) is 0 Å². The molecule has 9 nitrogen and oxygen atoms in total. The average Bonchev–Trinajstić information content (AvgIpc) is 3.16. The van der Waals surface area contributed by atoms with Crippen LogP contribution < -0.4 is 5.32 Å². The van der Waals surface area contributed by atoms with Gasteiger partial charge in [-0.05, 0) is 49.2 Å². The normalized spacial score (nSPS) is 14.3. The van der Waals surface area contributed by atoms with Crippen molar-refractivity contribution in [1.82, 2.24) is 9.78 Å². The summed E-state index contributed by atoms with van der Waals surface area (Å²) < 4.78 is 25.7. The molecule has 0 spiro atoms. The van der Waals surface area contributed by atoms with Crippen LogP contribution in [-0.2, 0) is 21.3 Å². The number of anilines is 1. The van der Waals surface area contributed by atoms with Gasteiger partial charge in [-0.2, -0.15) is 5.10 Å². The molecule has 1 amide bonds. The highest BCUT2D eigenvalue weighted by Crippen LogP contribution is 2.33. The van der Waals surface area contributed by atoms with Gasteiger partial charge in [-0.25, -0.2) is 13.1 Å². The maximum atomic E-state index is 12.8. The fraction of sp³-hybridized carbons (Fsp3) is 0.200. The molecule has 1 aliphatic rings. The summed E-state index contributed by atoms with van der Waals surface area (Å²) in [6.45, 7) is 3.93. The van der Waals surface area contributed by atoms with Gasteiger partial charge in [0.1, 0.15) is 5.82 Å². The van der Waals surface area contributed by atoms with E-state index in [1.54, 1.807) is 0 Å². The number of nitro groups is 1. The third kappa shape index (κ3) is 3.57. The molecule has 4 rings (SSSR count). The van der Waals surface area contributed by atoms with Gasteiger partial charge in [0.2, 0.25) is 0 Å². The molecule has 0 saturated carbocycles. The molecule has 10 heteroatoms. The molecule has 0 radical (unpaired) electrons. The second kappa shape index (κ2) is 7.06. The number of nitro benzene ring substituents is 1. The van der Waals surface area contributed by atoms with Crippen LogP contribution in [0.1, 0.15) is 32.7 Å². The maximum absolute atomic E-state index is 12.8. The Bertz CT molecular complexity index is 1290. The number of fused-ring (bicyclic) bond motifs is 1. The molecule has 0 saturated heterocycles. The minimum Gasteiger partial charge on any atom is -0.306 e. The van der Waals surface area contributed by atoms with E-state index in [9.17, 15) is 23.3 Å². The Morgan fingerprint density at radius 2 is 1.80 bits per heavy atom. The van der Waals surface area contributed by atoms with E-state index in [2.05, 4.69) is 10.4 Å². The Balaban J connectivity index is 1.75. The van der Waals surface area contributed by atoms with Gasteiger partial charge in [0.05, 0.1) is 27.8 Å². The predicted octanol–water partition coefficient (Wildman–Crippen LogP) is 3.08. The topological polar surface area (TPSA) is 124 Å².